The minimum atomic E-state index is -0.786. The van der Waals surface area contributed by atoms with E-state index in [2.05, 4.69) is 128 Å². The molecule has 9 heterocycles. The number of aromatic amines is 2. The van der Waals surface area contributed by atoms with E-state index < -0.39 is 48.5 Å². The van der Waals surface area contributed by atoms with Crippen LogP contribution in [0.25, 0.3) is 135 Å². The zero-order valence-corrected chi connectivity index (χ0v) is 80.8. The maximum absolute atomic E-state index is 14.7. The van der Waals surface area contributed by atoms with Gasteiger partial charge in [0.15, 0.2) is 0 Å². The Kier molecular flexibility index (Phi) is 23.9. The van der Waals surface area contributed by atoms with E-state index in [0.717, 1.165) is 111 Å². The van der Waals surface area contributed by atoms with Gasteiger partial charge in [0.2, 0.25) is 23.6 Å². The molecule has 0 saturated carbocycles. The van der Waals surface area contributed by atoms with Crippen LogP contribution in [0.2, 0.25) is 0 Å². The number of aromatic nitrogens is 4. The summed E-state index contributed by atoms with van der Waals surface area (Å²) in [4.78, 5) is 141. The molecule has 0 spiro atoms. The third kappa shape index (κ3) is 16.9. The second-order valence-electron chi connectivity index (χ2n) is 39.4. The Morgan fingerprint density at radius 1 is 0.243 bits per heavy atom. The van der Waals surface area contributed by atoms with E-state index in [1.165, 1.54) is 19.6 Å². The number of rotatable bonds is 20. The van der Waals surface area contributed by atoms with E-state index >= 15 is 0 Å². The number of nitrogens with zero attached hydrogens (tertiary/aromatic N) is 6. The average molecular weight is 1950 g/mol. The van der Waals surface area contributed by atoms with E-state index in [-0.39, 0.29) is 73.7 Å². The van der Waals surface area contributed by atoms with Gasteiger partial charge in [-0.1, -0.05) is 243 Å². The van der Waals surface area contributed by atoms with Crippen LogP contribution in [-0.2, 0) is 38.1 Å². The first-order chi connectivity index (χ1) is 72.7. The number of H-pyrrole nitrogens is 2. The van der Waals surface area contributed by atoms with Gasteiger partial charge in [0.25, 0.3) is 0 Å². The first kappa shape index (κ1) is 91.4. The van der Waals surface area contributed by atoms with Crippen LogP contribution in [0.15, 0.2) is 315 Å². The molecule has 4 aliphatic carbocycles. The molecule has 15 aromatic rings. The molecule has 148 heavy (non-hydrogen) atoms. The molecule has 6 aliphatic heterocycles. The lowest BCUT2D eigenvalue weighted by atomic mass is 9.98. The van der Waals surface area contributed by atoms with Crippen LogP contribution in [0.1, 0.15) is 142 Å². The molecule has 10 aliphatic rings. The number of hydrogen-bond acceptors (Lipinski definition) is 14. The molecule has 4 saturated heterocycles. The van der Waals surface area contributed by atoms with Gasteiger partial charge in [-0.05, 0) is 260 Å². The molecule has 24 nitrogen and oxygen atoms in total. The molecule has 3 aromatic heterocycles. The minimum Gasteiger partial charge on any atom is -0.448 e. The Balaban J connectivity index is 0.552. The Labute approximate surface area is 853 Å². The second kappa shape index (κ2) is 38.7. The van der Waals surface area contributed by atoms with Crippen molar-refractivity contribution in [3.8, 4) is 89.0 Å². The summed E-state index contributed by atoms with van der Waals surface area (Å²) < 4.78 is 24.6. The summed E-state index contributed by atoms with van der Waals surface area (Å²) in [6.45, 7) is 1.91. The third-order valence-electron chi connectivity index (χ3n) is 31.0. The number of ether oxygens (including phenoxy) is 4. The van der Waals surface area contributed by atoms with Crippen molar-refractivity contribution in [3.05, 3.63) is 383 Å². The fraction of sp³-hybridized carbons (Fsp3) is 0.194. The molecular weight excluding hydrogens is 1850 g/mol. The molecule has 730 valence electrons. The Morgan fingerprint density at radius 3 is 0.615 bits per heavy atom. The summed E-state index contributed by atoms with van der Waals surface area (Å²) in [7, 11) is 0. The van der Waals surface area contributed by atoms with Gasteiger partial charge in [0.1, 0.15) is 50.6 Å². The number of likely N-dealkylation sites (tertiary alicyclic amines) is 4. The maximum Gasteiger partial charge on any atom is 0.410 e. The van der Waals surface area contributed by atoms with Gasteiger partial charge in [-0.25, -0.2) is 29.1 Å². The monoisotopic (exact) mass is 1950 g/mol. The Bertz CT molecular complexity index is 7050. The molecule has 12 aromatic carbocycles. The van der Waals surface area contributed by atoms with Crippen LogP contribution in [0.4, 0.5) is 41.9 Å². The predicted molar refractivity (Wildman–Crippen MR) is 574 cm³/mol. The number of carbonyl (C=O) groups excluding carboxylic acids is 8. The molecule has 24 heteroatoms. The van der Waals surface area contributed by atoms with Crippen molar-refractivity contribution in [1.82, 2.24) is 39.5 Å². The quantitative estimate of drug-likeness (QED) is 0.0387. The summed E-state index contributed by atoms with van der Waals surface area (Å²) in [5.74, 6) is -1.99. The molecule has 0 unspecified atom stereocenters. The Morgan fingerprint density at radius 2 is 0.426 bits per heavy atom. The lowest BCUT2D eigenvalue weighted by Crippen LogP contribution is -2.43. The topological polar surface area (TPSA) is 292 Å². The smallest absolute Gasteiger partial charge is 0.410 e. The van der Waals surface area contributed by atoms with Gasteiger partial charge < -0.3 is 50.2 Å². The number of carbonyl (C=O) groups is 8. The Hall–Kier alpha value is -17.8. The van der Waals surface area contributed by atoms with Gasteiger partial charge in [-0.15, -0.1) is 0 Å². The zero-order valence-electron chi connectivity index (χ0n) is 80.8. The highest BCUT2D eigenvalue weighted by Gasteiger charge is 2.43. The molecule has 4 fully saturated rings. The third-order valence-corrected chi connectivity index (χ3v) is 31.0. The molecule has 8 bridgehead atoms. The lowest BCUT2D eigenvalue weighted by molar-refractivity contribution is -0.120. The van der Waals surface area contributed by atoms with Crippen LogP contribution in [-0.4, -0.2) is 164 Å². The first-order valence-corrected chi connectivity index (χ1v) is 51.0. The van der Waals surface area contributed by atoms with Crippen LogP contribution in [0, 0.1) is 0 Å². The van der Waals surface area contributed by atoms with E-state index in [1.807, 2.05) is 243 Å². The van der Waals surface area contributed by atoms with Crippen LogP contribution >= 0.6 is 0 Å². The first-order valence-electron chi connectivity index (χ1n) is 51.0. The zero-order chi connectivity index (χ0) is 99.7. The van der Waals surface area contributed by atoms with Gasteiger partial charge in [-0.3, -0.25) is 38.8 Å². The van der Waals surface area contributed by atoms with Gasteiger partial charge >= 0.3 is 24.4 Å². The van der Waals surface area contributed by atoms with Crippen molar-refractivity contribution in [2.75, 3.05) is 73.9 Å². The number of fused-ring (bicyclic) bond motifs is 20. The van der Waals surface area contributed by atoms with Gasteiger partial charge in [0, 0.05) is 117 Å². The fourth-order valence-corrected chi connectivity index (χ4v) is 23.9. The second-order valence-corrected chi connectivity index (χ2v) is 39.4. The molecule has 6 N–H and O–H groups in total. The van der Waals surface area contributed by atoms with Crippen LogP contribution in [0.3, 0.4) is 0 Å². The van der Waals surface area contributed by atoms with Crippen LogP contribution in [0.5, 0.6) is 0 Å². The lowest BCUT2D eigenvalue weighted by Gasteiger charge is -2.24. The highest BCUT2D eigenvalue weighted by atomic mass is 16.6. The van der Waals surface area contributed by atoms with Crippen molar-refractivity contribution in [3.63, 3.8) is 0 Å². The van der Waals surface area contributed by atoms with Crippen molar-refractivity contribution in [1.29, 1.82) is 0 Å². The molecule has 25 rings (SSSR count). The minimum absolute atomic E-state index is 0.119. The van der Waals surface area contributed by atoms with Crippen molar-refractivity contribution in [2.24, 2.45) is 0 Å². The largest absolute Gasteiger partial charge is 0.448 e. The predicted octanol–water partition coefficient (Wildman–Crippen LogP) is 24.7. The van der Waals surface area contributed by atoms with E-state index in [9.17, 15) is 38.4 Å². The molecule has 8 amide bonds. The van der Waals surface area contributed by atoms with Crippen molar-refractivity contribution in [2.45, 2.75) is 99.2 Å². The number of amides is 8. The van der Waals surface area contributed by atoms with Gasteiger partial charge in [-0.2, -0.15) is 0 Å². The summed E-state index contributed by atoms with van der Waals surface area (Å²) in [6, 6.07) is 101. The standard InChI is InChI=1S/C124H102N12O12/c137-117(109-37-17-65-133(109)121(141)145-69-97-89-29-9-1-21-81(89)82-22-2-10-30-90(82)97)125-77-49-41-73(42-50-77)113-101-57-59-103(129-101)114(74-43-51-78(52-44-74)126-118(138)110-38-18-66-134(110)122(142)146-70-98-91-31-11-3-23-83(91)84-24-4-12-32-92(84)98)105-61-63-107(131-105)116(76-47-55-80(56-48-76)128-120(140)112-40-20-68-136(112)124(144)148-72-100-95-35-15-7-27-87(95)88-28-8-16-36-96(88)100)108-64-62-106(132-108)115(104-60-58-102(113)130-104)75-45-53-79(54-46-75)127-119(139)111-39-19-67-135(111)123(143)147-71-99-93-33-13-5-25-85(93)86-26-6-14-34-94(86)99/h1-16,21-36,41-64,97-100,109-112,129,132H,17-20,37-40,65-72H2,(H,125,137)(H,126,138)(H,127,139)(H,128,140)/t109-,110-,111-,112-/m0/s1. The van der Waals surface area contributed by atoms with Crippen molar-refractivity contribution >= 4 is 117 Å². The van der Waals surface area contributed by atoms with E-state index in [4.69, 9.17) is 28.9 Å². The fourth-order valence-electron chi connectivity index (χ4n) is 23.9. The summed E-state index contributed by atoms with van der Waals surface area (Å²) in [5, 5.41) is 12.6. The maximum atomic E-state index is 14.7. The number of benzene rings is 12. The van der Waals surface area contributed by atoms with Gasteiger partial charge in [0.05, 0.1) is 22.8 Å². The number of anilines is 4. The highest BCUT2D eigenvalue weighted by Crippen LogP contribution is 2.51. The molecule has 4 atom stereocenters. The summed E-state index contributed by atoms with van der Waals surface area (Å²) >= 11 is 0. The molecule has 0 radical (unpaired) electrons. The summed E-state index contributed by atoms with van der Waals surface area (Å²) in [6.07, 6.45) is 9.99. The SMILES string of the molecule is O=C(Nc1ccc(-c2c3nc(c(-c4ccc(NC(=O)[C@@H]5CCCN5C(=O)OCC5c6ccccc6-c6ccccc65)cc4)c4ccc([nH]4)c(-c4ccc(NC(=O)[C@@H]5CCCN5C(=O)OCC5c6ccccc6-c6ccccc65)cc4)c4nc(c(-c5ccc(NC(=O)[C@@H]6CCCN6C(=O)OCC6c7ccccc7-c7ccccc76)cc5)c5ccc2[nH]5)C=C4)C=C3)cc1)[C@@H]1CCCN1C(=O)OCC1c2ccccc2-c2ccccc21. The van der Waals surface area contributed by atoms with E-state index in [0.29, 0.717) is 167 Å². The average Bonchev–Trinajstić information content (AvgIpc) is 1.62. The summed E-state index contributed by atoms with van der Waals surface area (Å²) in [5.41, 5.74) is 30.4. The van der Waals surface area contributed by atoms with Crippen molar-refractivity contribution < 1.29 is 57.3 Å². The normalized spacial score (nSPS) is 17.0. The van der Waals surface area contributed by atoms with E-state index in [1.54, 1.807) is 0 Å². The molecular formula is C124H102N12O12. The highest BCUT2D eigenvalue weighted by molar-refractivity contribution is 6.05. The van der Waals surface area contributed by atoms with Crippen LogP contribution < -0.4 is 21.3 Å². The number of hydrogen-bond donors (Lipinski definition) is 6. The number of nitrogens with one attached hydrogen (secondary N) is 6.